The van der Waals surface area contributed by atoms with Gasteiger partial charge in [0.25, 0.3) is 0 Å². The number of carbonyl (C=O) groups is 1. The Kier molecular flexibility index (Phi) is 4.08. The number of thiocarbonyl (C=S) groups is 1. The van der Waals surface area contributed by atoms with Crippen LogP contribution in [0, 0.1) is 17.8 Å². The largest absolute Gasteiger partial charge is 0.393 e. The molecule has 0 spiro atoms. The Labute approximate surface area is 97.0 Å². The topological polar surface area (TPSA) is 46.3 Å². The van der Waals surface area contributed by atoms with Gasteiger partial charge in [-0.25, -0.2) is 0 Å². The summed E-state index contributed by atoms with van der Waals surface area (Å²) < 4.78 is 0. The van der Waals surface area contributed by atoms with Gasteiger partial charge in [-0.15, -0.1) is 0 Å². The lowest BCUT2D eigenvalue weighted by Gasteiger charge is -2.21. The lowest BCUT2D eigenvalue weighted by molar-refractivity contribution is -0.132. The van der Waals surface area contributed by atoms with Crippen LogP contribution in [0.5, 0.6) is 0 Å². The van der Waals surface area contributed by atoms with Crippen LogP contribution in [0.3, 0.4) is 0 Å². The van der Waals surface area contributed by atoms with E-state index in [1.54, 1.807) is 0 Å². The molecule has 0 radical (unpaired) electrons. The Morgan fingerprint density at radius 3 is 2.27 bits per heavy atom. The van der Waals surface area contributed by atoms with Gasteiger partial charge in [0.15, 0.2) is 0 Å². The number of amides is 1. The van der Waals surface area contributed by atoms with Crippen molar-refractivity contribution in [2.24, 2.45) is 23.5 Å². The van der Waals surface area contributed by atoms with Gasteiger partial charge in [-0.1, -0.05) is 33.0 Å². The van der Waals surface area contributed by atoms with Gasteiger partial charge in [-0.3, -0.25) is 4.79 Å². The molecule has 3 atom stereocenters. The fourth-order valence-electron chi connectivity index (χ4n) is 2.03. The summed E-state index contributed by atoms with van der Waals surface area (Å²) in [5, 5.41) is 0. The van der Waals surface area contributed by atoms with Crippen molar-refractivity contribution < 1.29 is 4.79 Å². The molecule has 0 aromatic rings. The first-order chi connectivity index (χ1) is 6.97. The summed E-state index contributed by atoms with van der Waals surface area (Å²) in [5.41, 5.74) is 5.57. The fourth-order valence-corrected chi connectivity index (χ4v) is 2.29. The Morgan fingerprint density at radius 1 is 1.47 bits per heavy atom. The molecular weight excluding hydrogens is 208 g/mol. The number of carbonyl (C=O) groups excluding carboxylic acids is 1. The molecular formula is C11H20N2OS. The van der Waals surface area contributed by atoms with E-state index >= 15 is 0 Å². The molecule has 0 aromatic heterocycles. The van der Waals surface area contributed by atoms with E-state index in [0.29, 0.717) is 23.2 Å². The first-order valence-electron chi connectivity index (χ1n) is 5.55. The number of nitrogens with two attached hydrogens (primary N) is 1. The third-order valence-electron chi connectivity index (χ3n) is 3.35. The third kappa shape index (κ3) is 2.68. The Hall–Kier alpha value is -0.640. The van der Waals surface area contributed by atoms with Gasteiger partial charge < -0.3 is 10.6 Å². The van der Waals surface area contributed by atoms with Crippen molar-refractivity contribution in [3.05, 3.63) is 0 Å². The molecule has 1 rings (SSSR count). The summed E-state index contributed by atoms with van der Waals surface area (Å²) in [6, 6.07) is 0. The highest BCUT2D eigenvalue weighted by molar-refractivity contribution is 7.80. The van der Waals surface area contributed by atoms with Gasteiger partial charge in [-0.2, -0.15) is 0 Å². The minimum atomic E-state index is -0.266. The van der Waals surface area contributed by atoms with Crippen molar-refractivity contribution in [3.63, 3.8) is 0 Å². The standard InChI is InChI=1S/C11H20N2OS/c1-4-9(10(12)15)11(14)13-5-7(2)8(3)6-13/h7-9H,4-6H2,1-3H3,(H2,12,15). The molecule has 0 bridgehead atoms. The Morgan fingerprint density at radius 2 is 1.93 bits per heavy atom. The SMILES string of the molecule is CCC(C(=O)N1CC(C)C(C)C1)C(N)=S. The molecule has 3 unspecified atom stereocenters. The monoisotopic (exact) mass is 228 g/mol. The van der Waals surface area contributed by atoms with E-state index in [4.69, 9.17) is 18.0 Å². The van der Waals surface area contributed by atoms with Gasteiger partial charge in [0.2, 0.25) is 5.91 Å². The van der Waals surface area contributed by atoms with Gasteiger partial charge in [0.05, 0.1) is 10.9 Å². The van der Waals surface area contributed by atoms with Crippen molar-refractivity contribution in [1.82, 2.24) is 4.90 Å². The van der Waals surface area contributed by atoms with E-state index in [9.17, 15) is 4.79 Å². The molecule has 86 valence electrons. The van der Waals surface area contributed by atoms with Gasteiger partial charge >= 0.3 is 0 Å². The normalized spacial score (nSPS) is 27.8. The van der Waals surface area contributed by atoms with Crippen LogP contribution in [0.15, 0.2) is 0 Å². The van der Waals surface area contributed by atoms with Crippen molar-refractivity contribution >= 4 is 23.1 Å². The van der Waals surface area contributed by atoms with Crippen LogP contribution in [-0.2, 0) is 4.79 Å². The van der Waals surface area contributed by atoms with Crippen LogP contribution in [0.4, 0.5) is 0 Å². The molecule has 1 amide bonds. The second-order valence-electron chi connectivity index (χ2n) is 4.56. The van der Waals surface area contributed by atoms with E-state index in [-0.39, 0.29) is 11.8 Å². The average Bonchev–Trinajstić information content (AvgIpc) is 2.47. The smallest absolute Gasteiger partial charge is 0.232 e. The summed E-state index contributed by atoms with van der Waals surface area (Å²) in [6.07, 6.45) is 0.702. The number of hydrogen-bond acceptors (Lipinski definition) is 2. The lowest BCUT2D eigenvalue weighted by Crippen LogP contribution is -2.39. The molecule has 1 fully saturated rings. The third-order valence-corrected chi connectivity index (χ3v) is 3.63. The highest BCUT2D eigenvalue weighted by atomic mass is 32.1. The average molecular weight is 228 g/mol. The first-order valence-corrected chi connectivity index (χ1v) is 5.96. The summed E-state index contributed by atoms with van der Waals surface area (Å²) in [7, 11) is 0. The second kappa shape index (κ2) is 4.92. The van der Waals surface area contributed by atoms with Crippen LogP contribution in [0.1, 0.15) is 27.2 Å². The van der Waals surface area contributed by atoms with E-state index < -0.39 is 0 Å². The molecule has 15 heavy (non-hydrogen) atoms. The molecule has 0 saturated carbocycles. The van der Waals surface area contributed by atoms with Gasteiger partial charge in [0.1, 0.15) is 0 Å². The highest BCUT2D eigenvalue weighted by Crippen LogP contribution is 2.24. The summed E-state index contributed by atoms with van der Waals surface area (Å²) in [5.74, 6) is 1.01. The summed E-state index contributed by atoms with van der Waals surface area (Å²) in [6.45, 7) is 8.00. The van der Waals surface area contributed by atoms with Crippen LogP contribution >= 0.6 is 12.2 Å². The van der Waals surface area contributed by atoms with Crippen molar-refractivity contribution in [1.29, 1.82) is 0 Å². The van der Waals surface area contributed by atoms with Crippen molar-refractivity contribution in [2.45, 2.75) is 27.2 Å². The van der Waals surface area contributed by atoms with E-state index in [0.717, 1.165) is 13.1 Å². The van der Waals surface area contributed by atoms with Gasteiger partial charge in [-0.05, 0) is 18.3 Å². The number of hydrogen-bond donors (Lipinski definition) is 1. The van der Waals surface area contributed by atoms with E-state index in [1.807, 2.05) is 11.8 Å². The predicted octanol–water partition coefficient (Wildman–Crippen LogP) is 1.41. The van der Waals surface area contributed by atoms with Crippen LogP contribution in [0.25, 0.3) is 0 Å². The molecule has 1 aliphatic rings. The maximum Gasteiger partial charge on any atom is 0.232 e. The van der Waals surface area contributed by atoms with Crippen molar-refractivity contribution in [3.8, 4) is 0 Å². The first kappa shape index (κ1) is 12.4. The molecule has 0 aromatic carbocycles. The summed E-state index contributed by atoms with van der Waals surface area (Å²) in [4.78, 5) is 14.3. The molecule has 1 saturated heterocycles. The van der Waals surface area contributed by atoms with Crippen LogP contribution in [0.2, 0.25) is 0 Å². The molecule has 2 N–H and O–H groups in total. The second-order valence-corrected chi connectivity index (χ2v) is 5.03. The maximum absolute atomic E-state index is 12.1. The molecule has 1 heterocycles. The Balaban J connectivity index is 2.65. The van der Waals surface area contributed by atoms with E-state index in [2.05, 4.69) is 13.8 Å². The number of nitrogens with zero attached hydrogens (tertiary/aromatic N) is 1. The predicted molar refractivity (Wildman–Crippen MR) is 65.5 cm³/mol. The van der Waals surface area contributed by atoms with E-state index in [1.165, 1.54) is 0 Å². The van der Waals surface area contributed by atoms with Crippen LogP contribution in [-0.4, -0.2) is 28.9 Å². The minimum absolute atomic E-state index is 0.112. The maximum atomic E-state index is 12.1. The lowest BCUT2D eigenvalue weighted by atomic mass is 10.0. The summed E-state index contributed by atoms with van der Waals surface area (Å²) >= 11 is 4.92. The van der Waals surface area contributed by atoms with Crippen LogP contribution < -0.4 is 5.73 Å². The zero-order chi connectivity index (χ0) is 11.6. The molecule has 4 heteroatoms. The zero-order valence-electron chi connectivity index (χ0n) is 9.69. The molecule has 1 aliphatic heterocycles. The number of rotatable bonds is 3. The zero-order valence-corrected chi connectivity index (χ0v) is 10.5. The fraction of sp³-hybridized carbons (Fsp3) is 0.818. The quantitative estimate of drug-likeness (QED) is 0.743. The Bertz CT molecular complexity index is 257. The molecule has 3 nitrogen and oxygen atoms in total. The highest BCUT2D eigenvalue weighted by Gasteiger charge is 2.33. The molecule has 0 aliphatic carbocycles. The number of likely N-dealkylation sites (tertiary alicyclic amines) is 1. The minimum Gasteiger partial charge on any atom is -0.393 e. The van der Waals surface area contributed by atoms with Gasteiger partial charge in [0, 0.05) is 13.1 Å². The van der Waals surface area contributed by atoms with Crippen molar-refractivity contribution in [2.75, 3.05) is 13.1 Å².